The van der Waals surface area contributed by atoms with E-state index in [1.54, 1.807) is 0 Å². The van der Waals surface area contributed by atoms with Crippen LogP contribution >= 0.6 is 11.6 Å². The minimum absolute atomic E-state index is 0.0530. The number of rotatable bonds is 9. The van der Waals surface area contributed by atoms with Gasteiger partial charge in [0.05, 0.1) is 16.5 Å². The molecule has 4 aliphatic carbocycles. The van der Waals surface area contributed by atoms with Gasteiger partial charge in [0.2, 0.25) is 0 Å². The fourth-order valence-electron chi connectivity index (χ4n) is 18.2. The number of hydrogen-bond donors (Lipinski definition) is 1. The molecule has 1 N–H and O–H groups in total. The molecule has 512 valence electrons. The van der Waals surface area contributed by atoms with Gasteiger partial charge in [-0.3, -0.25) is 0 Å². The highest BCUT2D eigenvalue weighted by atomic mass is 35.5. The number of fused-ring (bicyclic) bond motifs is 18. The predicted octanol–water partition coefficient (Wildman–Crippen LogP) is 27.6. The molecule has 20 rings (SSSR count). The molecule has 3 heteroatoms. The Morgan fingerprint density at radius 2 is 0.533 bits per heavy atom. The summed E-state index contributed by atoms with van der Waals surface area (Å²) >= 11 is 6.46. The topological polar surface area (TPSA) is 15.3 Å². The van der Waals surface area contributed by atoms with Gasteiger partial charge >= 0.3 is 0 Å². The average Bonchev–Trinajstić information content (AvgIpc) is 1.58. The number of nitrogens with one attached hydrogen (secondary N) is 1. The summed E-state index contributed by atoms with van der Waals surface area (Å²) in [5.41, 5.74) is 36.0. The lowest BCUT2D eigenvalue weighted by Gasteiger charge is -2.46. The van der Waals surface area contributed by atoms with E-state index in [9.17, 15) is 0 Å². The van der Waals surface area contributed by atoms with Crippen molar-refractivity contribution in [3.05, 3.63) is 472 Å². The summed E-state index contributed by atoms with van der Waals surface area (Å²) in [6.45, 7) is 9.46. The smallest absolute Gasteiger partial charge is 0.0719 e. The van der Waals surface area contributed by atoms with Crippen molar-refractivity contribution >= 4 is 40.0 Å². The molecule has 4 aliphatic rings. The van der Waals surface area contributed by atoms with Crippen molar-refractivity contribution < 1.29 is 0 Å². The zero-order chi connectivity index (χ0) is 72.3. The summed E-state index contributed by atoms with van der Waals surface area (Å²) in [6.07, 6.45) is 0. The van der Waals surface area contributed by atoms with Crippen LogP contribution in [0.1, 0.15) is 94.5 Å². The molecule has 0 atom stereocenters. The molecule has 0 saturated heterocycles. The fourth-order valence-corrected chi connectivity index (χ4v) is 18.4. The van der Waals surface area contributed by atoms with Crippen LogP contribution in [0, 0.1) is 0 Å². The van der Waals surface area contributed by atoms with E-state index in [2.05, 4.69) is 420 Å². The first kappa shape index (κ1) is 66.4. The third-order valence-electron chi connectivity index (χ3n) is 23.1. The van der Waals surface area contributed by atoms with Crippen LogP contribution < -0.4 is 10.2 Å². The van der Waals surface area contributed by atoms with Gasteiger partial charge in [0, 0.05) is 49.7 Å². The van der Waals surface area contributed by atoms with Crippen molar-refractivity contribution in [1.29, 1.82) is 0 Å². The first-order chi connectivity index (χ1) is 52.5. The van der Waals surface area contributed by atoms with E-state index in [4.69, 9.17) is 11.6 Å². The molecule has 0 amide bonds. The largest absolute Gasteiger partial charge is 0.355 e. The normalized spacial score (nSPS) is 14.0. The third-order valence-corrected chi connectivity index (χ3v) is 23.3. The fraction of sp³-hybridized carbons (Fsp3) is 0.0769. The summed E-state index contributed by atoms with van der Waals surface area (Å²) in [5.74, 6) is 0. The minimum Gasteiger partial charge on any atom is -0.355 e. The Labute approximate surface area is 634 Å². The van der Waals surface area contributed by atoms with Gasteiger partial charge in [-0.2, -0.15) is 0 Å². The lowest BCUT2D eigenvalue weighted by molar-refractivity contribution is 0.563. The van der Waals surface area contributed by atoms with E-state index < -0.39 is 5.41 Å². The number of halogens is 1. The SMILES string of the molecule is CC1(C)c2ccccc2C2(c3ccccc3-c3cc(Cl)ccc32)c2ccccc21.CC1(C)c2ccccc2C2(c3ccccc3-c3cc(N(c4ccc(-c5ccccc5)cc4)c4ccccc4-c4ccccc4)ccc32)c2ccccc21.c1ccc(-c2ccc(Nc3ccccc3-c3ccccc3)cc2)cc1. The van der Waals surface area contributed by atoms with Crippen LogP contribution in [0.25, 0.3) is 66.8 Å². The van der Waals surface area contributed by atoms with Gasteiger partial charge in [-0.25, -0.2) is 0 Å². The van der Waals surface area contributed by atoms with Crippen LogP contribution in [0.4, 0.5) is 28.4 Å². The zero-order valence-corrected chi connectivity index (χ0v) is 61.2. The molecular weight excluding hydrogens is 1310 g/mol. The quantitative estimate of drug-likeness (QED) is 0.155. The van der Waals surface area contributed by atoms with Crippen LogP contribution in [-0.4, -0.2) is 0 Å². The average molecular weight is 1390 g/mol. The molecule has 0 heterocycles. The second-order valence-electron chi connectivity index (χ2n) is 29.6. The van der Waals surface area contributed by atoms with Crippen molar-refractivity contribution in [3.63, 3.8) is 0 Å². The predicted molar refractivity (Wildman–Crippen MR) is 449 cm³/mol. The summed E-state index contributed by atoms with van der Waals surface area (Å²) in [4.78, 5) is 2.44. The molecule has 0 radical (unpaired) electrons. The second-order valence-corrected chi connectivity index (χ2v) is 30.0. The number of anilines is 5. The van der Waals surface area contributed by atoms with Gasteiger partial charge in [-0.15, -0.1) is 0 Å². The molecule has 0 bridgehead atoms. The molecule has 16 aromatic carbocycles. The van der Waals surface area contributed by atoms with Crippen molar-refractivity contribution in [2.75, 3.05) is 10.2 Å². The standard InChI is InChI=1S/C52H39N.C28H21Cl.C24H19N/c1-51(2)46-24-12-14-26-48(46)52(49-27-15-13-25-47(49)51)44-23-11-9-22-42(44)43-35-40(33-34-45(43)52)53(39-31-29-37(30-32-39)36-17-5-3-6-18-36)50-28-16-10-21-41(50)38-19-7-4-8-20-38;1-27(2)23-11-5-7-13-25(23)28(26-14-8-6-12-24(26)27)21-10-4-3-9-19(21)20-17-18(29)15-16-22(20)28;1-3-9-19(10-4-1)20-15-17-22(18-16-20)25-24-14-8-7-13-23(24)21-11-5-2-6-12-21/h3-35H,1-2H3;3-17H,1-2H3;1-18,25H. The van der Waals surface area contributed by atoms with E-state index in [0.717, 1.165) is 33.5 Å². The summed E-state index contributed by atoms with van der Waals surface area (Å²) in [7, 11) is 0. The maximum absolute atomic E-state index is 6.46. The molecule has 0 fully saturated rings. The zero-order valence-electron chi connectivity index (χ0n) is 60.4. The van der Waals surface area contributed by atoms with Crippen LogP contribution in [0.2, 0.25) is 5.02 Å². The molecule has 107 heavy (non-hydrogen) atoms. The van der Waals surface area contributed by atoms with Crippen molar-refractivity contribution in [1.82, 2.24) is 0 Å². The van der Waals surface area contributed by atoms with Gasteiger partial charge < -0.3 is 10.2 Å². The number of benzene rings is 16. The Kier molecular flexibility index (Phi) is 16.8. The van der Waals surface area contributed by atoms with Crippen molar-refractivity contribution in [2.24, 2.45) is 0 Å². The van der Waals surface area contributed by atoms with Crippen LogP contribution in [0.3, 0.4) is 0 Å². The van der Waals surface area contributed by atoms with Crippen molar-refractivity contribution in [2.45, 2.75) is 49.4 Å². The van der Waals surface area contributed by atoms with Gasteiger partial charge in [-0.05, 0) is 183 Å². The molecule has 16 aromatic rings. The molecule has 0 saturated carbocycles. The maximum atomic E-state index is 6.46. The van der Waals surface area contributed by atoms with Crippen LogP contribution in [0.15, 0.2) is 400 Å². The van der Waals surface area contributed by atoms with E-state index in [-0.39, 0.29) is 16.2 Å². The Balaban J connectivity index is 0.000000126. The van der Waals surface area contributed by atoms with Crippen LogP contribution in [0.5, 0.6) is 0 Å². The minimum atomic E-state index is -0.419. The first-order valence-electron chi connectivity index (χ1n) is 37.2. The van der Waals surface area contributed by atoms with Gasteiger partial charge in [0.15, 0.2) is 0 Å². The molecule has 0 unspecified atom stereocenters. The van der Waals surface area contributed by atoms with E-state index >= 15 is 0 Å². The third kappa shape index (κ3) is 11.1. The van der Waals surface area contributed by atoms with Crippen LogP contribution in [-0.2, 0) is 21.7 Å². The first-order valence-corrected chi connectivity index (χ1v) is 37.6. The van der Waals surface area contributed by atoms with E-state index in [0.29, 0.717) is 0 Å². The Hall–Kier alpha value is -12.6. The van der Waals surface area contributed by atoms with E-state index in [1.807, 2.05) is 18.2 Å². The molecular formula is C104H79ClN2. The van der Waals surface area contributed by atoms with Gasteiger partial charge in [0.25, 0.3) is 0 Å². The lowest BCUT2D eigenvalue weighted by Crippen LogP contribution is -2.40. The maximum Gasteiger partial charge on any atom is 0.0719 e. The summed E-state index contributed by atoms with van der Waals surface area (Å²) < 4.78 is 0. The Morgan fingerprint density at radius 3 is 0.991 bits per heavy atom. The monoisotopic (exact) mass is 1390 g/mol. The number of para-hydroxylation sites is 2. The molecule has 0 aliphatic heterocycles. The molecule has 2 nitrogen and oxygen atoms in total. The van der Waals surface area contributed by atoms with Crippen molar-refractivity contribution in [3.8, 4) is 66.8 Å². The molecule has 0 aromatic heterocycles. The Morgan fingerprint density at radius 1 is 0.224 bits per heavy atom. The number of hydrogen-bond acceptors (Lipinski definition) is 2. The summed E-state index contributed by atoms with van der Waals surface area (Å²) in [6, 6.07) is 145. The Bertz CT molecular complexity index is 5880. The lowest BCUT2D eigenvalue weighted by atomic mass is 9.55. The highest BCUT2D eigenvalue weighted by molar-refractivity contribution is 6.31. The highest BCUT2D eigenvalue weighted by Gasteiger charge is 2.55. The van der Waals surface area contributed by atoms with Gasteiger partial charge in [-0.1, -0.05) is 379 Å². The van der Waals surface area contributed by atoms with E-state index in [1.165, 1.54) is 134 Å². The summed E-state index contributed by atoms with van der Waals surface area (Å²) in [5, 5.41) is 4.34. The molecule has 2 spiro atoms. The highest BCUT2D eigenvalue weighted by Crippen LogP contribution is 2.65. The van der Waals surface area contributed by atoms with Gasteiger partial charge in [0.1, 0.15) is 0 Å². The number of nitrogens with zero attached hydrogens (tertiary/aromatic N) is 1. The second kappa shape index (κ2) is 27.1.